The third kappa shape index (κ3) is 6.16. The van der Waals surface area contributed by atoms with Gasteiger partial charge in [-0.1, -0.05) is 31.2 Å². The van der Waals surface area contributed by atoms with Gasteiger partial charge in [0.25, 0.3) is 0 Å². The van der Waals surface area contributed by atoms with Crippen molar-refractivity contribution in [2.45, 2.75) is 25.8 Å². The zero-order chi connectivity index (χ0) is 24.8. The number of nitrogens with one attached hydrogen (secondary N) is 2. The molecule has 0 aliphatic carbocycles. The summed E-state index contributed by atoms with van der Waals surface area (Å²) in [7, 11) is 0. The molecule has 9 heteroatoms. The van der Waals surface area contributed by atoms with Crippen LogP contribution in [0.15, 0.2) is 48.5 Å². The fourth-order valence-corrected chi connectivity index (χ4v) is 4.56. The second kappa shape index (κ2) is 11.3. The van der Waals surface area contributed by atoms with E-state index in [1.807, 2.05) is 40.1 Å². The Morgan fingerprint density at radius 2 is 1.74 bits per heavy atom. The maximum absolute atomic E-state index is 14.1. The molecule has 2 saturated heterocycles. The van der Waals surface area contributed by atoms with Gasteiger partial charge in [-0.05, 0) is 36.2 Å². The first kappa shape index (κ1) is 24.7. The van der Waals surface area contributed by atoms with Crippen LogP contribution in [0.25, 0.3) is 0 Å². The number of hydrogen-bond acceptors (Lipinski definition) is 5. The van der Waals surface area contributed by atoms with E-state index in [4.69, 9.17) is 0 Å². The average molecular weight is 482 g/mol. The molecule has 35 heavy (non-hydrogen) atoms. The van der Waals surface area contributed by atoms with Crippen LogP contribution in [0.3, 0.4) is 0 Å². The molecule has 4 rings (SSSR count). The number of halogens is 1. The van der Waals surface area contributed by atoms with Gasteiger partial charge in [-0.3, -0.25) is 19.3 Å². The Balaban J connectivity index is 1.32. The molecule has 2 fully saturated rings. The lowest BCUT2D eigenvalue weighted by atomic mass is 10.1. The number of benzene rings is 2. The van der Waals surface area contributed by atoms with Gasteiger partial charge in [-0.2, -0.15) is 0 Å². The van der Waals surface area contributed by atoms with Gasteiger partial charge in [0, 0.05) is 45.0 Å². The standard InChI is InChI=1S/C26H32FN5O3/c1-2-19-7-9-20(10-8-19)29-24(33)17-23-26(35)28-11-12-32(23)25(34)18-30-13-15-31(16-14-30)22-6-4-3-5-21(22)27/h3-10,23H,2,11-18H2,1H3,(H,28,35)(H,29,33). The van der Waals surface area contributed by atoms with Gasteiger partial charge in [0.1, 0.15) is 11.9 Å². The summed E-state index contributed by atoms with van der Waals surface area (Å²) in [5.41, 5.74) is 2.40. The Labute approximate surface area is 205 Å². The van der Waals surface area contributed by atoms with Gasteiger partial charge in [0.2, 0.25) is 17.7 Å². The van der Waals surface area contributed by atoms with Gasteiger partial charge in [-0.25, -0.2) is 4.39 Å². The van der Waals surface area contributed by atoms with Crippen molar-refractivity contribution >= 4 is 29.1 Å². The molecule has 2 aromatic carbocycles. The van der Waals surface area contributed by atoms with Crippen LogP contribution in [0.4, 0.5) is 15.8 Å². The second-order valence-electron chi connectivity index (χ2n) is 8.91. The van der Waals surface area contributed by atoms with E-state index in [1.54, 1.807) is 12.1 Å². The van der Waals surface area contributed by atoms with Gasteiger partial charge in [0.15, 0.2) is 0 Å². The highest BCUT2D eigenvalue weighted by atomic mass is 19.1. The van der Waals surface area contributed by atoms with Crippen molar-refractivity contribution < 1.29 is 18.8 Å². The summed E-state index contributed by atoms with van der Waals surface area (Å²) in [4.78, 5) is 43.9. The highest BCUT2D eigenvalue weighted by molar-refractivity contribution is 5.97. The summed E-state index contributed by atoms with van der Waals surface area (Å²) in [6.07, 6.45) is 0.805. The maximum Gasteiger partial charge on any atom is 0.243 e. The Morgan fingerprint density at radius 3 is 2.43 bits per heavy atom. The topological polar surface area (TPSA) is 85.0 Å². The Bertz CT molecular complexity index is 1050. The van der Waals surface area contributed by atoms with E-state index < -0.39 is 6.04 Å². The third-order valence-electron chi connectivity index (χ3n) is 6.60. The smallest absolute Gasteiger partial charge is 0.243 e. The van der Waals surface area contributed by atoms with E-state index in [2.05, 4.69) is 17.6 Å². The number of anilines is 2. The number of para-hydroxylation sites is 1. The lowest BCUT2D eigenvalue weighted by molar-refractivity contribution is -0.145. The van der Waals surface area contributed by atoms with E-state index in [-0.39, 0.29) is 36.5 Å². The summed E-state index contributed by atoms with van der Waals surface area (Å²) in [5, 5.41) is 5.59. The largest absolute Gasteiger partial charge is 0.367 e. The first-order chi connectivity index (χ1) is 16.9. The molecule has 1 unspecified atom stereocenters. The van der Waals surface area contributed by atoms with Crippen LogP contribution >= 0.6 is 0 Å². The SMILES string of the molecule is CCc1ccc(NC(=O)CC2C(=O)NCCN2C(=O)CN2CCN(c3ccccc3F)CC2)cc1. The van der Waals surface area contributed by atoms with Gasteiger partial charge in [0.05, 0.1) is 18.7 Å². The van der Waals surface area contributed by atoms with E-state index in [0.717, 1.165) is 6.42 Å². The van der Waals surface area contributed by atoms with Crippen molar-refractivity contribution in [1.29, 1.82) is 0 Å². The van der Waals surface area contributed by atoms with E-state index in [1.165, 1.54) is 16.5 Å². The number of amides is 3. The van der Waals surface area contributed by atoms with Crippen LogP contribution in [-0.4, -0.2) is 79.4 Å². The summed E-state index contributed by atoms with van der Waals surface area (Å²) in [6, 6.07) is 13.4. The molecule has 186 valence electrons. The number of nitrogens with zero attached hydrogens (tertiary/aromatic N) is 3. The minimum atomic E-state index is -0.842. The minimum absolute atomic E-state index is 0.103. The zero-order valence-electron chi connectivity index (χ0n) is 20.0. The Hall–Kier alpha value is -3.46. The minimum Gasteiger partial charge on any atom is -0.367 e. The normalized spacial score (nSPS) is 18.8. The van der Waals surface area contributed by atoms with Crippen LogP contribution in [0.5, 0.6) is 0 Å². The molecule has 2 aliphatic heterocycles. The number of piperazine rings is 2. The summed E-state index contributed by atoms with van der Waals surface area (Å²) in [6.45, 7) is 5.39. The maximum atomic E-state index is 14.1. The first-order valence-electron chi connectivity index (χ1n) is 12.1. The number of rotatable bonds is 7. The van der Waals surface area contributed by atoms with Crippen LogP contribution < -0.4 is 15.5 Å². The second-order valence-corrected chi connectivity index (χ2v) is 8.91. The molecule has 2 aromatic rings. The fourth-order valence-electron chi connectivity index (χ4n) is 4.56. The van der Waals surface area contributed by atoms with E-state index in [9.17, 15) is 18.8 Å². The van der Waals surface area contributed by atoms with Crippen LogP contribution in [0, 0.1) is 5.82 Å². The molecular formula is C26H32FN5O3. The van der Waals surface area contributed by atoms with Gasteiger partial charge < -0.3 is 20.4 Å². The van der Waals surface area contributed by atoms with Crippen molar-refractivity contribution in [2.75, 3.05) is 56.0 Å². The molecule has 2 N–H and O–H groups in total. The number of aryl methyl sites for hydroxylation is 1. The fraction of sp³-hybridized carbons (Fsp3) is 0.423. The monoisotopic (exact) mass is 481 g/mol. The van der Waals surface area contributed by atoms with Gasteiger partial charge >= 0.3 is 0 Å². The Morgan fingerprint density at radius 1 is 1.03 bits per heavy atom. The molecule has 1 atom stereocenters. The van der Waals surface area contributed by atoms with Crippen molar-refractivity contribution in [3.05, 3.63) is 59.9 Å². The first-order valence-corrected chi connectivity index (χ1v) is 12.1. The molecule has 0 radical (unpaired) electrons. The molecule has 0 bridgehead atoms. The predicted molar refractivity (Wildman–Crippen MR) is 133 cm³/mol. The Kier molecular flexibility index (Phi) is 7.97. The predicted octanol–water partition coefficient (Wildman–Crippen LogP) is 1.87. The van der Waals surface area contributed by atoms with Gasteiger partial charge in [-0.15, -0.1) is 0 Å². The third-order valence-corrected chi connectivity index (χ3v) is 6.60. The molecule has 0 saturated carbocycles. The molecule has 0 aromatic heterocycles. The number of carbonyl (C=O) groups is 3. The summed E-state index contributed by atoms with van der Waals surface area (Å²) < 4.78 is 14.1. The summed E-state index contributed by atoms with van der Waals surface area (Å²) in [5.74, 6) is -1.05. The van der Waals surface area contributed by atoms with Crippen molar-refractivity contribution in [3.8, 4) is 0 Å². The average Bonchev–Trinajstić information content (AvgIpc) is 2.86. The molecule has 8 nitrogen and oxygen atoms in total. The molecule has 0 spiro atoms. The lowest BCUT2D eigenvalue weighted by Crippen LogP contribution is -2.60. The van der Waals surface area contributed by atoms with Crippen LogP contribution in [-0.2, 0) is 20.8 Å². The van der Waals surface area contributed by atoms with Crippen molar-refractivity contribution in [1.82, 2.24) is 15.1 Å². The van der Waals surface area contributed by atoms with Crippen LogP contribution in [0.1, 0.15) is 18.9 Å². The number of hydrogen-bond donors (Lipinski definition) is 2. The quantitative estimate of drug-likeness (QED) is 0.631. The number of carbonyl (C=O) groups excluding carboxylic acids is 3. The van der Waals surface area contributed by atoms with E-state index >= 15 is 0 Å². The van der Waals surface area contributed by atoms with Crippen molar-refractivity contribution in [2.24, 2.45) is 0 Å². The van der Waals surface area contributed by atoms with Crippen LogP contribution in [0.2, 0.25) is 0 Å². The molecule has 2 aliphatic rings. The lowest BCUT2D eigenvalue weighted by Gasteiger charge is -2.39. The molecule has 3 amide bonds. The zero-order valence-corrected chi connectivity index (χ0v) is 20.0. The highest BCUT2D eigenvalue weighted by Gasteiger charge is 2.35. The van der Waals surface area contributed by atoms with Crippen molar-refractivity contribution in [3.63, 3.8) is 0 Å². The van der Waals surface area contributed by atoms with E-state index in [0.29, 0.717) is 50.6 Å². The molecular weight excluding hydrogens is 449 g/mol. The highest BCUT2D eigenvalue weighted by Crippen LogP contribution is 2.20. The summed E-state index contributed by atoms with van der Waals surface area (Å²) >= 11 is 0. The molecule has 2 heterocycles.